The first-order chi connectivity index (χ1) is 7.19. The van der Waals surface area contributed by atoms with Gasteiger partial charge in [0.15, 0.2) is 0 Å². The van der Waals surface area contributed by atoms with Crippen molar-refractivity contribution in [3.05, 3.63) is 34.9 Å². The second kappa shape index (κ2) is 5.70. The summed E-state index contributed by atoms with van der Waals surface area (Å²) in [6.45, 7) is -0.848. The van der Waals surface area contributed by atoms with Crippen molar-refractivity contribution in [1.82, 2.24) is 0 Å². The number of rotatable bonds is 4. The molecule has 0 amide bonds. The highest BCUT2D eigenvalue weighted by atomic mass is 35.5. The van der Waals surface area contributed by atoms with Gasteiger partial charge < -0.3 is 14.9 Å². The Morgan fingerprint density at radius 1 is 1.33 bits per heavy atom. The lowest BCUT2D eigenvalue weighted by molar-refractivity contribution is -0.00543. The van der Waals surface area contributed by atoms with Gasteiger partial charge in [0.25, 0.3) is 0 Å². The maximum absolute atomic E-state index is 11.5. The largest absolute Gasteiger partial charge is 0.454 e. The van der Waals surface area contributed by atoms with Gasteiger partial charge in [0.05, 0.1) is 23.8 Å². The quantitative estimate of drug-likeness (QED) is 0.753. The number of ether oxygens (including phenoxy) is 1. The van der Waals surface area contributed by atoms with Gasteiger partial charge in [-0.3, -0.25) is 0 Å². The molecule has 0 bridgehead atoms. The van der Waals surface area contributed by atoms with Crippen LogP contribution in [0.4, 0.5) is 0 Å². The van der Waals surface area contributed by atoms with E-state index >= 15 is 0 Å². The summed E-state index contributed by atoms with van der Waals surface area (Å²) in [5.74, 6) is -0.659. The Hall–Kier alpha value is -1.10. The summed E-state index contributed by atoms with van der Waals surface area (Å²) in [5.41, 5.74) is 0.214. The number of carbonyl (C=O) groups is 1. The first-order valence-electron chi connectivity index (χ1n) is 4.36. The lowest BCUT2D eigenvalue weighted by atomic mass is 10.2. The summed E-state index contributed by atoms with van der Waals surface area (Å²) in [4.78, 5) is 11.5. The minimum absolute atomic E-state index is 0.214. The molecule has 0 aliphatic rings. The SMILES string of the molecule is O=C(OC(CO)CO)c1ccccc1Cl. The third-order valence-electron chi connectivity index (χ3n) is 1.77. The standard InChI is InChI=1S/C10H11ClO4/c11-9-4-2-1-3-8(9)10(14)15-7(5-12)6-13/h1-4,7,12-13H,5-6H2. The van der Waals surface area contributed by atoms with Crippen LogP contribution in [0.2, 0.25) is 5.02 Å². The molecule has 0 fully saturated rings. The highest BCUT2D eigenvalue weighted by Gasteiger charge is 2.16. The van der Waals surface area contributed by atoms with E-state index in [0.717, 1.165) is 0 Å². The van der Waals surface area contributed by atoms with Gasteiger partial charge in [0.1, 0.15) is 6.10 Å². The Balaban J connectivity index is 2.73. The van der Waals surface area contributed by atoms with Crippen molar-refractivity contribution in [2.24, 2.45) is 0 Å². The number of aliphatic hydroxyl groups excluding tert-OH is 2. The fourth-order valence-corrected chi connectivity index (χ4v) is 1.19. The molecule has 4 nitrogen and oxygen atoms in total. The van der Waals surface area contributed by atoms with E-state index in [1.165, 1.54) is 6.07 Å². The molecule has 0 heterocycles. The van der Waals surface area contributed by atoms with Gasteiger partial charge in [0.2, 0.25) is 0 Å². The molecule has 1 aromatic carbocycles. The van der Waals surface area contributed by atoms with Gasteiger partial charge in [-0.25, -0.2) is 4.79 Å². The zero-order chi connectivity index (χ0) is 11.3. The normalized spacial score (nSPS) is 10.4. The van der Waals surface area contributed by atoms with Gasteiger partial charge >= 0.3 is 5.97 Å². The van der Waals surface area contributed by atoms with Crippen LogP contribution in [0.25, 0.3) is 0 Å². The van der Waals surface area contributed by atoms with Crippen molar-refractivity contribution < 1.29 is 19.7 Å². The minimum Gasteiger partial charge on any atom is -0.454 e. The van der Waals surface area contributed by atoms with E-state index in [-0.39, 0.29) is 10.6 Å². The van der Waals surface area contributed by atoms with Crippen LogP contribution in [0, 0.1) is 0 Å². The first kappa shape index (κ1) is 12.0. The first-order valence-corrected chi connectivity index (χ1v) is 4.74. The maximum atomic E-state index is 11.5. The molecule has 0 radical (unpaired) electrons. The van der Waals surface area contributed by atoms with E-state index in [4.69, 9.17) is 26.6 Å². The Morgan fingerprint density at radius 2 is 1.93 bits per heavy atom. The highest BCUT2D eigenvalue weighted by molar-refractivity contribution is 6.33. The van der Waals surface area contributed by atoms with E-state index in [1.54, 1.807) is 18.2 Å². The second-order valence-electron chi connectivity index (χ2n) is 2.87. The van der Waals surface area contributed by atoms with Crippen LogP contribution >= 0.6 is 11.6 Å². The molecule has 1 rings (SSSR count). The van der Waals surface area contributed by atoms with Gasteiger partial charge in [-0.1, -0.05) is 23.7 Å². The summed E-state index contributed by atoms with van der Waals surface area (Å²) >= 11 is 5.76. The number of esters is 1. The second-order valence-corrected chi connectivity index (χ2v) is 3.28. The molecule has 0 saturated carbocycles. The highest BCUT2D eigenvalue weighted by Crippen LogP contribution is 2.16. The Bertz CT molecular complexity index is 336. The number of benzene rings is 1. The van der Waals surface area contributed by atoms with E-state index in [0.29, 0.717) is 0 Å². The molecule has 0 atom stereocenters. The maximum Gasteiger partial charge on any atom is 0.340 e. The summed E-state index contributed by atoms with van der Waals surface area (Å²) < 4.78 is 4.79. The fraction of sp³-hybridized carbons (Fsp3) is 0.300. The Kier molecular flexibility index (Phi) is 4.55. The summed E-state index contributed by atoms with van der Waals surface area (Å²) in [6, 6.07) is 6.41. The lowest BCUT2D eigenvalue weighted by Gasteiger charge is -2.12. The zero-order valence-electron chi connectivity index (χ0n) is 7.89. The molecule has 15 heavy (non-hydrogen) atoms. The topological polar surface area (TPSA) is 66.8 Å². The van der Waals surface area contributed by atoms with Crippen molar-refractivity contribution in [3.63, 3.8) is 0 Å². The molecule has 0 aliphatic carbocycles. The predicted octanol–water partition coefficient (Wildman–Crippen LogP) is 0.850. The summed E-state index contributed by atoms with van der Waals surface area (Å²) in [7, 11) is 0. The Labute approximate surface area is 92.1 Å². The van der Waals surface area contributed by atoms with Gasteiger partial charge in [-0.15, -0.1) is 0 Å². The number of carbonyl (C=O) groups excluding carboxylic acids is 1. The third kappa shape index (κ3) is 3.20. The number of hydrogen-bond acceptors (Lipinski definition) is 4. The van der Waals surface area contributed by atoms with Crippen molar-refractivity contribution in [1.29, 1.82) is 0 Å². The van der Waals surface area contributed by atoms with Crippen molar-refractivity contribution in [3.8, 4) is 0 Å². The average Bonchev–Trinajstić information content (AvgIpc) is 2.26. The molecule has 0 aromatic heterocycles. The van der Waals surface area contributed by atoms with Crippen LogP contribution in [0.15, 0.2) is 24.3 Å². The van der Waals surface area contributed by atoms with Crippen LogP contribution in [0.3, 0.4) is 0 Å². The fourth-order valence-electron chi connectivity index (χ4n) is 0.974. The van der Waals surface area contributed by atoms with E-state index in [9.17, 15) is 4.79 Å². The van der Waals surface area contributed by atoms with E-state index in [1.807, 2.05) is 0 Å². The summed E-state index contributed by atoms with van der Waals surface area (Å²) in [5, 5.41) is 17.7. The number of halogens is 1. The monoisotopic (exact) mass is 230 g/mol. The molecule has 0 saturated heterocycles. The summed E-state index contributed by atoms with van der Waals surface area (Å²) in [6.07, 6.45) is -0.909. The van der Waals surface area contributed by atoms with Crippen molar-refractivity contribution in [2.45, 2.75) is 6.10 Å². The van der Waals surface area contributed by atoms with Crippen LogP contribution in [0.5, 0.6) is 0 Å². The number of hydrogen-bond donors (Lipinski definition) is 2. The Morgan fingerprint density at radius 3 is 2.47 bits per heavy atom. The van der Waals surface area contributed by atoms with Gasteiger partial charge in [0, 0.05) is 0 Å². The smallest absolute Gasteiger partial charge is 0.340 e. The molecular weight excluding hydrogens is 220 g/mol. The minimum atomic E-state index is -0.909. The van der Waals surface area contributed by atoms with Crippen LogP contribution in [-0.2, 0) is 4.74 Å². The molecule has 82 valence electrons. The predicted molar refractivity (Wildman–Crippen MR) is 54.8 cm³/mol. The molecular formula is C10H11ClO4. The van der Waals surface area contributed by atoms with Crippen molar-refractivity contribution >= 4 is 17.6 Å². The van der Waals surface area contributed by atoms with E-state index in [2.05, 4.69) is 0 Å². The van der Waals surface area contributed by atoms with Crippen molar-refractivity contribution in [2.75, 3.05) is 13.2 Å². The molecule has 5 heteroatoms. The molecule has 1 aromatic rings. The van der Waals surface area contributed by atoms with E-state index < -0.39 is 25.3 Å². The van der Waals surface area contributed by atoms with Gasteiger partial charge in [-0.05, 0) is 12.1 Å². The molecule has 2 N–H and O–H groups in total. The van der Waals surface area contributed by atoms with Crippen LogP contribution in [-0.4, -0.2) is 35.5 Å². The molecule has 0 spiro atoms. The molecule has 0 unspecified atom stereocenters. The van der Waals surface area contributed by atoms with Crippen LogP contribution < -0.4 is 0 Å². The zero-order valence-corrected chi connectivity index (χ0v) is 8.65. The number of aliphatic hydroxyl groups is 2. The average molecular weight is 231 g/mol. The third-order valence-corrected chi connectivity index (χ3v) is 2.10. The molecule has 0 aliphatic heterocycles. The lowest BCUT2D eigenvalue weighted by Crippen LogP contribution is -2.25. The van der Waals surface area contributed by atoms with Gasteiger partial charge in [-0.2, -0.15) is 0 Å². The van der Waals surface area contributed by atoms with Crippen LogP contribution in [0.1, 0.15) is 10.4 Å².